The lowest BCUT2D eigenvalue weighted by atomic mass is 10.0. The van der Waals surface area contributed by atoms with Crippen molar-refractivity contribution in [3.05, 3.63) is 71.7 Å². The van der Waals surface area contributed by atoms with E-state index in [0.29, 0.717) is 13.2 Å². The Labute approximate surface area is 138 Å². The van der Waals surface area contributed by atoms with Gasteiger partial charge in [-0.05, 0) is 24.6 Å². The fraction of sp³-hybridized carbons (Fsp3) is 0.250. The number of terminal acetylenes is 1. The highest BCUT2D eigenvalue weighted by Crippen LogP contribution is 2.16. The molecule has 1 aromatic rings. The van der Waals surface area contributed by atoms with Crippen LogP contribution < -0.4 is 5.32 Å². The number of carbonyl (C=O) groups excluding carboxylic acids is 1. The smallest absolute Gasteiger partial charge is 0.148 e. The molecule has 0 aliphatic carbocycles. The number of carbonyl (C=O) groups is 1. The summed E-state index contributed by atoms with van der Waals surface area (Å²) >= 11 is 0. The quantitative estimate of drug-likeness (QED) is 0.682. The van der Waals surface area contributed by atoms with Gasteiger partial charge in [-0.3, -0.25) is 4.79 Å². The van der Waals surface area contributed by atoms with Crippen LogP contribution in [-0.4, -0.2) is 12.8 Å². The normalized spacial score (nSPS) is 22.6. The minimum atomic E-state index is 0.0218. The van der Waals surface area contributed by atoms with Crippen LogP contribution in [0.1, 0.15) is 19.4 Å². The summed E-state index contributed by atoms with van der Waals surface area (Å²) in [5.74, 6) is 3.06. The van der Waals surface area contributed by atoms with Gasteiger partial charge in [-0.1, -0.05) is 43.3 Å². The van der Waals surface area contributed by atoms with Crippen LogP contribution in [0.25, 0.3) is 0 Å². The zero-order valence-electron chi connectivity index (χ0n) is 13.7. The second-order valence-corrected chi connectivity index (χ2v) is 4.99. The Kier molecular flexibility index (Phi) is 8.70. The zero-order valence-corrected chi connectivity index (χ0v) is 13.7. The molecule has 1 heterocycles. The lowest BCUT2D eigenvalue weighted by Crippen LogP contribution is -2.08. The maximum atomic E-state index is 11.0. The molecular formula is C20H23NO2. The zero-order chi connectivity index (χ0) is 16.9. The van der Waals surface area contributed by atoms with Crippen molar-refractivity contribution < 1.29 is 9.53 Å². The first kappa shape index (κ1) is 18.3. The number of benzene rings is 1. The van der Waals surface area contributed by atoms with Crippen molar-refractivity contribution in [2.24, 2.45) is 5.92 Å². The third-order valence-corrected chi connectivity index (χ3v) is 3.11. The molecule has 1 unspecified atom stereocenters. The lowest BCUT2D eigenvalue weighted by molar-refractivity contribution is -0.105. The van der Waals surface area contributed by atoms with E-state index in [9.17, 15) is 4.79 Å². The highest BCUT2D eigenvalue weighted by molar-refractivity contribution is 5.74. The van der Waals surface area contributed by atoms with E-state index in [1.807, 2.05) is 55.5 Å². The van der Waals surface area contributed by atoms with Crippen LogP contribution in [0.15, 0.2) is 66.1 Å². The Morgan fingerprint density at radius 3 is 2.74 bits per heavy atom. The number of ether oxygens (including phenoxy) is 1. The molecule has 0 saturated carbocycles. The number of allylic oxidation sites excluding steroid dienone is 3. The maximum absolute atomic E-state index is 11.0. The lowest BCUT2D eigenvalue weighted by Gasteiger charge is -2.10. The van der Waals surface area contributed by atoms with Crippen LogP contribution in [0.4, 0.5) is 0 Å². The molecule has 0 fully saturated rings. The Morgan fingerprint density at radius 1 is 1.39 bits per heavy atom. The third kappa shape index (κ3) is 7.19. The van der Waals surface area contributed by atoms with E-state index in [1.54, 1.807) is 13.1 Å². The van der Waals surface area contributed by atoms with Gasteiger partial charge in [0.15, 0.2) is 0 Å². The number of nitrogens with one attached hydrogen (secondary N) is 1. The molecule has 0 aromatic heterocycles. The van der Waals surface area contributed by atoms with Crippen LogP contribution in [0.2, 0.25) is 0 Å². The predicted molar refractivity (Wildman–Crippen MR) is 94.3 cm³/mol. The van der Waals surface area contributed by atoms with Crippen molar-refractivity contribution in [3.63, 3.8) is 0 Å². The first-order chi connectivity index (χ1) is 11.2. The Hall–Kier alpha value is -2.73. The second-order valence-electron chi connectivity index (χ2n) is 4.99. The van der Waals surface area contributed by atoms with Crippen molar-refractivity contribution >= 4 is 6.29 Å². The molecule has 0 radical (unpaired) electrons. The summed E-state index contributed by atoms with van der Waals surface area (Å²) in [6.07, 6.45) is 13.1. The number of hydrogen-bond acceptors (Lipinski definition) is 3. The van der Waals surface area contributed by atoms with E-state index in [0.717, 1.165) is 23.2 Å². The Balaban J connectivity index is 0.000000816. The summed E-state index contributed by atoms with van der Waals surface area (Å²) in [5.41, 5.74) is 1.84. The van der Waals surface area contributed by atoms with Crippen LogP contribution in [0.5, 0.6) is 0 Å². The van der Waals surface area contributed by atoms with E-state index in [-0.39, 0.29) is 5.92 Å². The highest BCUT2D eigenvalue weighted by Gasteiger charge is 2.08. The molecule has 0 bridgehead atoms. The molecule has 120 valence electrons. The van der Waals surface area contributed by atoms with E-state index < -0.39 is 0 Å². The molecule has 3 nitrogen and oxygen atoms in total. The highest BCUT2D eigenvalue weighted by atomic mass is 16.5. The van der Waals surface area contributed by atoms with Gasteiger partial charge in [0, 0.05) is 24.2 Å². The average molecular weight is 309 g/mol. The van der Waals surface area contributed by atoms with E-state index >= 15 is 0 Å². The van der Waals surface area contributed by atoms with Crippen LogP contribution in [-0.2, 0) is 16.1 Å². The van der Waals surface area contributed by atoms with Gasteiger partial charge >= 0.3 is 0 Å². The second kappa shape index (κ2) is 10.9. The van der Waals surface area contributed by atoms with Crippen molar-refractivity contribution in [2.75, 3.05) is 6.54 Å². The molecule has 1 aliphatic rings. The summed E-state index contributed by atoms with van der Waals surface area (Å²) in [6, 6.07) is 10.0. The molecule has 1 aromatic carbocycles. The van der Waals surface area contributed by atoms with E-state index in [2.05, 4.69) is 17.7 Å². The van der Waals surface area contributed by atoms with Crippen LogP contribution in [0, 0.1) is 18.3 Å². The van der Waals surface area contributed by atoms with E-state index in [1.165, 1.54) is 0 Å². The van der Waals surface area contributed by atoms with Crippen LogP contribution >= 0.6 is 0 Å². The summed E-state index contributed by atoms with van der Waals surface area (Å²) in [5, 5.41) is 3.08. The predicted octanol–water partition coefficient (Wildman–Crippen LogP) is 3.60. The van der Waals surface area contributed by atoms with E-state index in [4.69, 9.17) is 4.74 Å². The first-order valence-corrected chi connectivity index (χ1v) is 7.52. The Morgan fingerprint density at radius 2 is 2.09 bits per heavy atom. The summed E-state index contributed by atoms with van der Waals surface area (Å²) < 4.78 is 5.83. The number of rotatable bonds is 4. The number of aldehydes is 1. The fourth-order valence-corrected chi connectivity index (χ4v) is 1.93. The minimum Gasteiger partial charge on any atom is -0.489 e. The molecule has 0 amide bonds. The molecule has 3 heteroatoms. The molecule has 2 rings (SSSR count). The SMILES string of the molecule is C#CC.CC1/C=C(OCc2ccccc2)\C=C/CN/C=C\1C=O. The third-order valence-electron chi connectivity index (χ3n) is 3.11. The average Bonchev–Trinajstić information content (AvgIpc) is 2.65. The summed E-state index contributed by atoms with van der Waals surface area (Å²) in [6.45, 7) is 4.83. The molecule has 23 heavy (non-hydrogen) atoms. The molecule has 0 spiro atoms. The largest absolute Gasteiger partial charge is 0.489 e. The molecular weight excluding hydrogens is 286 g/mol. The van der Waals surface area contributed by atoms with Crippen molar-refractivity contribution in [1.29, 1.82) is 0 Å². The summed E-state index contributed by atoms with van der Waals surface area (Å²) in [7, 11) is 0. The maximum Gasteiger partial charge on any atom is 0.148 e. The van der Waals surface area contributed by atoms with Gasteiger partial charge in [0.05, 0.1) is 0 Å². The van der Waals surface area contributed by atoms with Gasteiger partial charge in [0.1, 0.15) is 18.7 Å². The Bertz CT molecular complexity index is 606. The van der Waals surface area contributed by atoms with Crippen molar-refractivity contribution in [1.82, 2.24) is 5.32 Å². The van der Waals surface area contributed by atoms with Gasteiger partial charge in [-0.25, -0.2) is 0 Å². The van der Waals surface area contributed by atoms with Crippen molar-refractivity contribution in [2.45, 2.75) is 20.5 Å². The molecule has 1 N–H and O–H groups in total. The molecule has 1 atom stereocenters. The molecule has 1 aliphatic heterocycles. The van der Waals surface area contributed by atoms with Gasteiger partial charge in [0.25, 0.3) is 0 Å². The monoisotopic (exact) mass is 309 g/mol. The van der Waals surface area contributed by atoms with Gasteiger partial charge in [0.2, 0.25) is 0 Å². The molecule has 0 saturated heterocycles. The first-order valence-electron chi connectivity index (χ1n) is 7.52. The van der Waals surface area contributed by atoms with Gasteiger partial charge in [-0.2, -0.15) is 0 Å². The number of hydrogen-bond donors (Lipinski definition) is 1. The fourth-order valence-electron chi connectivity index (χ4n) is 1.93. The van der Waals surface area contributed by atoms with Crippen molar-refractivity contribution in [3.8, 4) is 12.3 Å². The topological polar surface area (TPSA) is 38.3 Å². The van der Waals surface area contributed by atoms with Crippen LogP contribution in [0.3, 0.4) is 0 Å². The minimum absolute atomic E-state index is 0.0218. The standard InChI is InChI=1S/C17H19NO2.C3H4/c1-14-10-17(8-5-9-18-11-16(14)12-19)20-13-15-6-3-2-4-7-15;1-3-2/h2-8,10-12,14,18H,9,13H2,1H3;1H,2H3/b8-5-,16-11-,17-10+;. The van der Waals surface area contributed by atoms with Gasteiger partial charge < -0.3 is 10.1 Å². The van der Waals surface area contributed by atoms with Gasteiger partial charge in [-0.15, -0.1) is 12.3 Å². The summed E-state index contributed by atoms with van der Waals surface area (Å²) in [4.78, 5) is 11.0.